The first-order chi connectivity index (χ1) is 8.40. The van der Waals surface area contributed by atoms with Crippen LogP contribution in [0.1, 0.15) is 38.7 Å². The van der Waals surface area contributed by atoms with Crippen molar-refractivity contribution in [2.24, 2.45) is 5.14 Å². The van der Waals surface area contributed by atoms with Gasteiger partial charge in [0.2, 0.25) is 10.0 Å². The van der Waals surface area contributed by atoms with Crippen LogP contribution < -0.4 is 10.5 Å². The Morgan fingerprint density at radius 3 is 2.17 bits per heavy atom. The summed E-state index contributed by atoms with van der Waals surface area (Å²) in [5, 5.41) is 8.51. The zero-order valence-electron chi connectivity index (χ0n) is 11.2. The fourth-order valence-electron chi connectivity index (χ4n) is 2.13. The number of sulfonamides is 1. The molecule has 0 aliphatic heterocycles. The maximum absolute atomic E-state index is 11.2. The zero-order chi connectivity index (χ0) is 13.8. The van der Waals surface area contributed by atoms with E-state index in [0.29, 0.717) is 12.0 Å². The molecule has 0 aliphatic carbocycles. The molecule has 0 radical (unpaired) electrons. The third kappa shape index (κ3) is 3.80. The smallest absolute Gasteiger partial charge is 0.238 e. The number of hydrogen-bond acceptors (Lipinski definition) is 3. The van der Waals surface area contributed by atoms with Crippen molar-refractivity contribution in [2.45, 2.75) is 44.0 Å². The fourth-order valence-corrected chi connectivity index (χ4v) is 2.65. The van der Waals surface area contributed by atoms with Crippen molar-refractivity contribution >= 4 is 10.0 Å². The number of primary sulfonamides is 1. The summed E-state index contributed by atoms with van der Waals surface area (Å²) in [5.74, 6) is 0.337. The van der Waals surface area contributed by atoms with Crippen LogP contribution in [0, 0.1) is 0 Å². The monoisotopic (exact) mass is 270 g/mol. The predicted molar refractivity (Wildman–Crippen MR) is 74.0 cm³/mol. The van der Waals surface area contributed by atoms with E-state index in [1.54, 1.807) is 12.1 Å². The number of hydrogen-bond donors (Lipinski definition) is 2. The summed E-state index contributed by atoms with van der Waals surface area (Å²) in [7, 11) is -3.60. The van der Waals surface area contributed by atoms with Crippen LogP contribution in [-0.4, -0.2) is 21.0 Å². The van der Waals surface area contributed by atoms with Crippen molar-refractivity contribution in [3.63, 3.8) is 0 Å². The molecule has 0 aromatic heterocycles. The highest BCUT2D eigenvalue weighted by Gasteiger charge is 2.16. The Kier molecular flexibility index (Phi) is 5.31. The van der Waals surface area contributed by atoms with Gasteiger partial charge in [0, 0.05) is 6.04 Å². The van der Waals surface area contributed by atoms with E-state index in [-0.39, 0.29) is 4.90 Å². The summed E-state index contributed by atoms with van der Waals surface area (Å²) in [6.45, 7) is 7.29. The van der Waals surface area contributed by atoms with Crippen LogP contribution in [0.5, 0.6) is 0 Å². The molecule has 0 spiro atoms. The van der Waals surface area contributed by atoms with Crippen LogP contribution in [0.15, 0.2) is 29.2 Å². The summed E-state index contributed by atoms with van der Waals surface area (Å²) in [4.78, 5) is 0.162. The molecule has 5 heteroatoms. The molecule has 18 heavy (non-hydrogen) atoms. The molecular weight excluding hydrogens is 248 g/mol. The quantitative estimate of drug-likeness (QED) is 0.828. The topological polar surface area (TPSA) is 72.2 Å². The second-order valence-electron chi connectivity index (χ2n) is 4.48. The zero-order valence-corrected chi connectivity index (χ0v) is 12.0. The van der Waals surface area contributed by atoms with Crippen molar-refractivity contribution < 1.29 is 8.42 Å². The Morgan fingerprint density at radius 1 is 1.22 bits per heavy atom. The number of nitrogens with one attached hydrogen (secondary N) is 1. The fraction of sp³-hybridized carbons (Fsp3) is 0.538. The summed E-state index contributed by atoms with van der Waals surface area (Å²) in [6.07, 6.45) is 1.03. The van der Waals surface area contributed by atoms with E-state index in [1.807, 2.05) is 12.1 Å². The third-order valence-corrected chi connectivity index (χ3v) is 4.17. The van der Waals surface area contributed by atoms with E-state index < -0.39 is 10.0 Å². The molecule has 0 saturated heterocycles. The van der Waals surface area contributed by atoms with Gasteiger partial charge in [-0.1, -0.05) is 32.9 Å². The second-order valence-corrected chi connectivity index (χ2v) is 6.04. The van der Waals surface area contributed by atoms with Gasteiger partial charge in [0.1, 0.15) is 0 Å². The van der Waals surface area contributed by atoms with Crippen molar-refractivity contribution in [1.29, 1.82) is 0 Å². The summed E-state index contributed by atoms with van der Waals surface area (Å²) < 4.78 is 22.3. The predicted octanol–water partition coefficient (Wildman–Crippen LogP) is 1.83. The van der Waals surface area contributed by atoms with Crippen LogP contribution >= 0.6 is 0 Å². The minimum absolute atomic E-state index is 0.162. The minimum Gasteiger partial charge on any atom is -0.314 e. The highest BCUT2D eigenvalue weighted by atomic mass is 32.2. The largest absolute Gasteiger partial charge is 0.314 e. The molecule has 102 valence electrons. The van der Waals surface area contributed by atoms with E-state index in [9.17, 15) is 8.42 Å². The molecule has 0 fully saturated rings. The number of nitrogens with two attached hydrogens (primary N) is 1. The van der Waals surface area contributed by atoms with E-state index >= 15 is 0 Å². The van der Waals surface area contributed by atoms with Crippen LogP contribution in [0.4, 0.5) is 0 Å². The van der Waals surface area contributed by atoms with E-state index in [2.05, 4.69) is 26.1 Å². The number of benzene rings is 1. The van der Waals surface area contributed by atoms with Gasteiger partial charge < -0.3 is 5.32 Å². The van der Waals surface area contributed by atoms with Crippen molar-refractivity contribution in [3.05, 3.63) is 29.8 Å². The molecule has 1 aromatic carbocycles. The van der Waals surface area contributed by atoms with Gasteiger partial charge in [0.05, 0.1) is 4.90 Å². The standard InChI is InChI=1S/C13H22N2O2S/c1-4-13(15-5-2)10(3)11-6-8-12(9-7-11)18(14,16)17/h6-10,13,15H,4-5H2,1-3H3,(H2,14,16,17). The second kappa shape index (κ2) is 6.31. The molecule has 0 heterocycles. The lowest BCUT2D eigenvalue weighted by Crippen LogP contribution is -2.33. The van der Waals surface area contributed by atoms with Crippen LogP contribution in [0.3, 0.4) is 0 Å². The molecule has 0 saturated carbocycles. The molecular formula is C13H22N2O2S. The summed E-state index contributed by atoms with van der Waals surface area (Å²) in [6, 6.07) is 7.21. The molecule has 0 aliphatic rings. The lowest BCUT2D eigenvalue weighted by atomic mass is 9.92. The highest BCUT2D eigenvalue weighted by Crippen LogP contribution is 2.22. The minimum atomic E-state index is -3.60. The van der Waals surface area contributed by atoms with Crippen LogP contribution in [-0.2, 0) is 10.0 Å². The van der Waals surface area contributed by atoms with Gasteiger partial charge in [-0.05, 0) is 36.6 Å². The maximum atomic E-state index is 11.2. The van der Waals surface area contributed by atoms with Gasteiger partial charge in [-0.2, -0.15) is 0 Å². The lowest BCUT2D eigenvalue weighted by molar-refractivity contribution is 0.448. The van der Waals surface area contributed by atoms with Gasteiger partial charge >= 0.3 is 0 Å². The van der Waals surface area contributed by atoms with Crippen LogP contribution in [0.2, 0.25) is 0 Å². The highest BCUT2D eigenvalue weighted by molar-refractivity contribution is 7.89. The summed E-state index contributed by atoms with van der Waals surface area (Å²) in [5.41, 5.74) is 1.12. The molecule has 3 N–H and O–H groups in total. The maximum Gasteiger partial charge on any atom is 0.238 e. The average Bonchev–Trinajstić information content (AvgIpc) is 2.34. The number of likely N-dealkylation sites (N-methyl/N-ethyl adjacent to an activating group) is 1. The van der Waals surface area contributed by atoms with Gasteiger partial charge in [-0.15, -0.1) is 0 Å². The van der Waals surface area contributed by atoms with Crippen molar-refractivity contribution in [2.75, 3.05) is 6.54 Å². The van der Waals surface area contributed by atoms with Gasteiger partial charge in [0.15, 0.2) is 0 Å². The van der Waals surface area contributed by atoms with E-state index in [0.717, 1.165) is 18.5 Å². The Morgan fingerprint density at radius 2 is 1.78 bits per heavy atom. The Bertz CT molecular complexity index is 468. The van der Waals surface area contributed by atoms with Crippen molar-refractivity contribution in [3.8, 4) is 0 Å². The SMILES string of the molecule is CCNC(CC)C(C)c1ccc(S(N)(=O)=O)cc1. The normalized spacial score (nSPS) is 15.3. The third-order valence-electron chi connectivity index (χ3n) is 3.24. The molecule has 2 unspecified atom stereocenters. The molecule has 4 nitrogen and oxygen atoms in total. The first kappa shape index (κ1) is 15.1. The van der Waals surface area contributed by atoms with Gasteiger partial charge in [0.25, 0.3) is 0 Å². The Hall–Kier alpha value is -0.910. The Balaban J connectivity index is 2.91. The lowest BCUT2D eigenvalue weighted by Gasteiger charge is -2.24. The molecule has 2 atom stereocenters. The van der Waals surface area contributed by atoms with Gasteiger partial charge in [-0.25, -0.2) is 13.6 Å². The Labute approximate surface area is 110 Å². The average molecular weight is 270 g/mol. The van der Waals surface area contributed by atoms with E-state index in [4.69, 9.17) is 5.14 Å². The first-order valence-electron chi connectivity index (χ1n) is 6.26. The molecule has 0 amide bonds. The van der Waals surface area contributed by atoms with Crippen LogP contribution in [0.25, 0.3) is 0 Å². The summed E-state index contributed by atoms with van der Waals surface area (Å²) >= 11 is 0. The van der Waals surface area contributed by atoms with E-state index in [1.165, 1.54) is 0 Å². The van der Waals surface area contributed by atoms with Gasteiger partial charge in [-0.3, -0.25) is 0 Å². The molecule has 0 bridgehead atoms. The first-order valence-corrected chi connectivity index (χ1v) is 7.80. The molecule has 1 aromatic rings. The number of rotatable bonds is 6. The van der Waals surface area contributed by atoms with Crippen molar-refractivity contribution in [1.82, 2.24) is 5.32 Å². The molecule has 1 rings (SSSR count).